The van der Waals surface area contributed by atoms with E-state index in [-0.39, 0.29) is 0 Å². The van der Waals surface area contributed by atoms with Crippen LogP contribution >= 0.6 is 11.3 Å². The van der Waals surface area contributed by atoms with E-state index in [4.69, 9.17) is 0 Å². The lowest BCUT2D eigenvalue weighted by Gasteiger charge is -2.05. The van der Waals surface area contributed by atoms with Gasteiger partial charge in [0, 0.05) is 15.5 Å². The van der Waals surface area contributed by atoms with Crippen molar-refractivity contribution in [3.63, 3.8) is 0 Å². The van der Waals surface area contributed by atoms with Gasteiger partial charge in [0.2, 0.25) is 0 Å². The summed E-state index contributed by atoms with van der Waals surface area (Å²) in [6.07, 6.45) is 2.34. The normalized spacial score (nSPS) is 19.9. The molecule has 0 amide bonds. The predicted molar refractivity (Wildman–Crippen MR) is 63.9 cm³/mol. The molecule has 0 N–H and O–H groups in total. The summed E-state index contributed by atoms with van der Waals surface area (Å²) >= 11 is 1.92. The Bertz CT molecular complexity index is 531. The van der Waals surface area contributed by atoms with E-state index in [1.54, 1.807) is 5.56 Å². The van der Waals surface area contributed by atoms with Crippen LogP contribution in [-0.2, 0) is 0 Å². The Hall–Kier alpha value is -1.08. The number of hydrogen-bond donors (Lipinski definition) is 0. The van der Waals surface area contributed by atoms with Crippen molar-refractivity contribution in [3.05, 3.63) is 40.3 Å². The molecule has 1 atom stereocenters. The number of rotatable bonds is 0. The first-order valence-corrected chi connectivity index (χ1v) is 5.78. The first-order valence-electron chi connectivity index (χ1n) is 4.97. The molecule has 1 unspecified atom stereocenters. The van der Waals surface area contributed by atoms with Crippen molar-refractivity contribution in [2.24, 2.45) is 0 Å². The SMILES string of the molecule is CC1=Cc2sc3ccccc3c2C1C. The van der Waals surface area contributed by atoms with Crippen LogP contribution in [0.5, 0.6) is 0 Å². The molecule has 3 rings (SSSR count). The fourth-order valence-corrected chi connectivity index (χ4v) is 3.51. The van der Waals surface area contributed by atoms with Gasteiger partial charge in [0.15, 0.2) is 0 Å². The minimum atomic E-state index is 0.612. The van der Waals surface area contributed by atoms with Gasteiger partial charge in [-0.25, -0.2) is 0 Å². The quantitative estimate of drug-likeness (QED) is 0.590. The monoisotopic (exact) mass is 200 g/mol. The van der Waals surface area contributed by atoms with Gasteiger partial charge in [-0.05, 0) is 30.0 Å². The van der Waals surface area contributed by atoms with E-state index >= 15 is 0 Å². The third-order valence-corrected chi connectivity index (χ3v) is 4.27. The first kappa shape index (κ1) is 8.25. The Morgan fingerprint density at radius 1 is 1.21 bits per heavy atom. The summed E-state index contributed by atoms with van der Waals surface area (Å²) in [6, 6.07) is 8.72. The topological polar surface area (TPSA) is 0 Å². The van der Waals surface area contributed by atoms with Gasteiger partial charge < -0.3 is 0 Å². The molecule has 0 spiro atoms. The van der Waals surface area contributed by atoms with E-state index < -0.39 is 0 Å². The molecule has 1 aliphatic carbocycles. The molecule has 1 aromatic carbocycles. The van der Waals surface area contributed by atoms with Crippen LogP contribution in [0.4, 0.5) is 0 Å². The smallest absolute Gasteiger partial charge is 0.0352 e. The van der Waals surface area contributed by atoms with E-state index in [2.05, 4.69) is 44.2 Å². The molecule has 2 aromatic rings. The Kier molecular flexibility index (Phi) is 1.59. The highest BCUT2D eigenvalue weighted by molar-refractivity contribution is 7.20. The highest BCUT2D eigenvalue weighted by atomic mass is 32.1. The van der Waals surface area contributed by atoms with E-state index in [1.807, 2.05) is 11.3 Å². The van der Waals surface area contributed by atoms with Gasteiger partial charge in [-0.1, -0.05) is 30.7 Å². The molecule has 0 radical (unpaired) electrons. The van der Waals surface area contributed by atoms with Crippen molar-refractivity contribution >= 4 is 27.5 Å². The van der Waals surface area contributed by atoms with Gasteiger partial charge in [0.05, 0.1) is 0 Å². The Balaban J connectivity index is 2.39. The van der Waals surface area contributed by atoms with Gasteiger partial charge >= 0.3 is 0 Å². The summed E-state index contributed by atoms with van der Waals surface area (Å²) in [4.78, 5) is 1.47. The van der Waals surface area contributed by atoms with Crippen molar-refractivity contribution in [1.29, 1.82) is 0 Å². The molecule has 0 nitrogen and oxygen atoms in total. The summed E-state index contributed by atoms with van der Waals surface area (Å²) in [5.41, 5.74) is 3.04. The van der Waals surface area contributed by atoms with Crippen LogP contribution in [0, 0.1) is 0 Å². The molecule has 14 heavy (non-hydrogen) atoms. The fourth-order valence-electron chi connectivity index (χ4n) is 2.20. The van der Waals surface area contributed by atoms with Crippen molar-refractivity contribution in [2.45, 2.75) is 19.8 Å². The predicted octanol–water partition coefficient (Wildman–Crippen LogP) is 4.42. The Morgan fingerprint density at radius 3 is 2.86 bits per heavy atom. The first-order chi connectivity index (χ1) is 6.77. The average molecular weight is 200 g/mol. The lowest BCUT2D eigenvalue weighted by atomic mass is 9.98. The van der Waals surface area contributed by atoms with Crippen LogP contribution in [0.15, 0.2) is 29.8 Å². The van der Waals surface area contributed by atoms with Crippen LogP contribution in [0.1, 0.15) is 30.2 Å². The second kappa shape index (κ2) is 2.71. The van der Waals surface area contributed by atoms with Gasteiger partial charge in [0.1, 0.15) is 0 Å². The largest absolute Gasteiger partial charge is 0.136 e. The van der Waals surface area contributed by atoms with Gasteiger partial charge in [-0.3, -0.25) is 0 Å². The molecular weight excluding hydrogens is 188 g/mol. The minimum absolute atomic E-state index is 0.612. The number of benzene rings is 1. The van der Waals surface area contributed by atoms with E-state index in [0.29, 0.717) is 5.92 Å². The second-order valence-electron chi connectivity index (χ2n) is 3.99. The zero-order valence-electron chi connectivity index (χ0n) is 8.37. The summed E-state index contributed by atoms with van der Waals surface area (Å²) < 4.78 is 1.42. The van der Waals surface area contributed by atoms with E-state index in [0.717, 1.165) is 0 Å². The molecule has 1 aliphatic rings. The number of fused-ring (bicyclic) bond motifs is 3. The van der Waals surface area contributed by atoms with E-state index in [9.17, 15) is 0 Å². The highest BCUT2D eigenvalue weighted by Gasteiger charge is 2.22. The standard InChI is InChI=1S/C13H12S/c1-8-7-12-13(9(8)2)10-5-3-4-6-11(10)14-12/h3-7,9H,1-2H3. The third-order valence-electron chi connectivity index (χ3n) is 3.14. The molecular formula is C13H12S. The Labute approximate surface area is 87.9 Å². The lowest BCUT2D eigenvalue weighted by molar-refractivity contribution is 0.934. The summed E-state index contributed by atoms with van der Waals surface area (Å²) in [5.74, 6) is 0.612. The van der Waals surface area contributed by atoms with Crippen LogP contribution < -0.4 is 0 Å². The molecule has 70 valence electrons. The van der Waals surface area contributed by atoms with Crippen molar-refractivity contribution < 1.29 is 0 Å². The zero-order valence-corrected chi connectivity index (χ0v) is 9.19. The van der Waals surface area contributed by atoms with Gasteiger partial charge in [-0.15, -0.1) is 11.3 Å². The van der Waals surface area contributed by atoms with Crippen LogP contribution in [0.3, 0.4) is 0 Å². The third kappa shape index (κ3) is 0.934. The van der Waals surface area contributed by atoms with Gasteiger partial charge in [-0.2, -0.15) is 0 Å². The van der Waals surface area contributed by atoms with Crippen LogP contribution in [-0.4, -0.2) is 0 Å². The molecule has 0 saturated carbocycles. The Morgan fingerprint density at radius 2 is 2.00 bits per heavy atom. The zero-order chi connectivity index (χ0) is 9.71. The summed E-state index contributed by atoms with van der Waals surface area (Å²) in [6.45, 7) is 4.53. The molecule has 0 aliphatic heterocycles. The van der Waals surface area contributed by atoms with Crippen molar-refractivity contribution in [1.82, 2.24) is 0 Å². The maximum Gasteiger partial charge on any atom is 0.0352 e. The van der Waals surface area contributed by atoms with Crippen molar-refractivity contribution in [3.8, 4) is 0 Å². The molecule has 0 bridgehead atoms. The number of hydrogen-bond acceptors (Lipinski definition) is 1. The molecule has 0 fully saturated rings. The lowest BCUT2D eigenvalue weighted by Crippen LogP contribution is -1.88. The molecule has 1 heterocycles. The summed E-state index contributed by atoms with van der Waals surface area (Å²) in [5, 5.41) is 1.45. The molecule has 1 aromatic heterocycles. The fraction of sp³-hybridized carbons (Fsp3) is 0.231. The van der Waals surface area contributed by atoms with Gasteiger partial charge in [0.25, 0.3) is 0 Å². The summed E-state index contributed by atoms with van der Waals surface area (Å²) in [7, 11) is 0. The highest BCUT2D eigenvalue weighted by Crippen LogP contribution is 2.44. The molecule has 1 heteroatoms. The van der Waals surface area contributed by atoms with E-state index in [1.165, 1.54) is 20.5 Å². The molecule has 0 saturated heterocycles. The number of thiophene rings is 1. The maximum atomic E-state index is 2.34. The van der Waals surface area contributed by atoms with Crippen LogP contribution in [0.25, 0.3) is 16.2 Å². The van der Waals surface area contributed by atoms with Crippen LogP contribution in [0.2, 0.25) is 0 Å². The van der Waals surface area contributed by atoms with Crippen molar-refractivity contribution in [2.75, 3.05) is 0 Å². The average Bonchev–Trinajstić information content (AvgIpc) is 2.65. The number of allylic oxidation sites excluding steroid dienone is 1. The second-order valence-corrected chi connectivity index (χ2v) is 5.07. The maximum absolute atomic E-state index is 2.34. The minimum Gasteiger partial charge on any atom is -0.136 e.